The fourth-order valence-corrected chi connectivity index (χ4v) is 2.24. The van der Waals surface area contributed by atoms with E-state index in [1.54, 1.807) is 18.2 Å². The maximum Gasteiger partial charge on any atom is 0.335 e. The Morgan fingerprint density at radius 2 is 2.00 bits per heavy atom. The molecule has 0 spiro atoms. The molecule has 0 aliphatic carbocycles. The fraction of sp³-hybridized carbons (Fsp3) is 0.200. The summed E-state index contributed by atoms with van der Waals surface area (Å²) >= 11 is 11.8. The topological polar surface area (TPSA) is 73.1 Å². The molecule has 0 fully saturated rings. The Labute approximate surface area is 114 Å². The molecule has 18 heavy (non-hydrogen) atoms. The van der Waals surface area contributed by atoms with Crippen LogP contribution in [0.5, 0.6) is 0 Å². The average molecular weight is 307 g/mol. The van der Waals surface area contributed by atoms with Crippen LogP contribution in [0.2, 0.25) is 10.0 Å². The van der Waals surface area contributed by atoms with Crippen molar-refractivity contribution in [3.05, 3.63) is 28.2 Å². The van der Waals surface area contributed by atoms with E-state index in [9.17, 15) is 8.42 Å². The summed E-state index contributed by atoms with van der Waals surface area (Å²) in [5, 5.41) is 7.31. The number of nitrogens with zero attached hydrogens (tertiary/aromatic N) is 2. The van der Waals surface area contributed by atoms with Crippen LogP contribution in [0, 0.1) is 0 Å². The Bertz CT molecular complexity index is 682. The second-order valence-corrected chi connectivity index (χ2v) is 6.32. The van der Waals surface area contributed by atoms with E-state index >= 15 is 0 Å². The van der Waals surface area contributed by atoms with E-state index in [1.165, 1.54) is 6.92 Å². The van der Waals surface area contributed by atoms with Gasteiger partial charge in [0.05, 0.1) is 21.4 Å². The molecule has 0 aliphatic heterocycles. The van der Waals surface area contributed by atoms with Crippen LogP contribution in [-0.4, -0.2) is 24.4 Å². The van der Waals surface area contributed by atoms with Gasteiger partial charge < -0.3 is 4.42 Å². The highest BCUT2D eigenvalue weighted by Gasteiger charge is 2.22. The van der Waals surface area contributed by atoms with Gasteiger partial charge in [-0.2, -0.15) is 0 Å². The molecular formula is C10H8Cl2N2O3S. The van der Waals surface area contributed by atoms with Crippen LogP contribution in [0.15, 0.2) is 27.8 Å². The lowest BCUT2D eigenvalue weighted by Gasteiger charge is -2.00. The van der Waals surface area contributed by atoms with Crippen LogP contribution in [-0.2, 0) is 9.84 Å². The molecule has 1 heterocycles. The Hall–Kier alpha value is -1.11. The second kappa shape index (κ2) is 4.87. The molecule has 0 N–H and O–H groups in total. The standard InChI is InChI=1S/C10H8Cl2N2O3S/c1-2-18(15,16)10-14-13-9(17-10)6-4-3-5-7(11)8(6)12/h3-5H,2H2,1H3. The molecule has 0 bridgehead atoms. The van der Waals surface area contributed by atoms with Crippen molar-refractivity contribution in [2.45, 2.75) is 12.1 Å². The van der Waals surface area contributed by atoms with Crippen LogP contribution < -0.4 is 0 Å². The molecule has 0 amide bonds. The van der Waals surface area contributed by atoms with Gasteiger partial charge in [-0.3, -0.25) is 0 Å². The number of hydrogen-bond donors (Lipinski definition) is 0. The molecular weight excluding hydrogens is 299 g/mol. The van der Waals surface area contributed by atoms with Crippen molar-refractivity contribution in [1.82, 2.24) is 10.2 Å². The van der Waals surface area contributed by atoms with Gasteiger partial charge in [0.1, 0.15) is 0 Å². The summed E-state index contributed by atoms with van der Waals surface area (Å²) in [5.74, 6) is -0.0905. The maximum atomic E-state index is 11.5. The number of benzene rings is 1. The largest absolute Gasteiger partial charge is 0.408 e. The van der Waals surface area contributed by atoms with Crippen LogP contribution in [0.1, 0.15) is 6.92 Å². The van der Waals surface area contributed by atoms with Crippen molar-refractivity contribution in [3.8, 4) is 11.5 Å². The van der Waals surface area contributed by atoms with Gasteiger partial charge in [0.15, 0.2) is 0 Å². The highest BCUT2D eigenvalue weighted by molar-refractivity contribution is 7.91. The predicted octanol–water partition coefficient (Wildman–Crippen LogP) is 2.84. The number of halogens is 2. The predicted molar refractivity (Wildman–Crippen MR) is 67.5 cm³/mol. The Morgan fingerprint density at radius 3 is 2.67 bits per heavy atom. The molecule has 1 aromatic heterocycles. The lowest BCUT2D eigenvalue weighted by molar-refractivity contribution is 0.440. The number of hydrogen-bond acceptors (Lipinski definition) is 5. The summed E-state index contributed by atoms with van der Waals surface area (Å²) in [6, 6.07) is 4.87. The van der Waals surface area contributed by atoms with Crippen molar-refractivity contribution >= 4 is 33.0 Å². The van der Waals surface area contributed by atoms with Crippen molar-refractivity contribution in [3.63, 3.8) is 0 Å². The normalized spacial score (nSPS) is 11.7. The molecule has 96 valence electrons. The van der Waals surface area contributed by atoms with Gasteiger partial charge in [-0.15, -0.1) is 5.10 Å². The van der Waals surface area contributed by atoms with Gasteiger partial charge in [-0.1, -0.05) is 41.3 Å². The zero-order chi connectivity index (χ0) is 13.3. The summed E-state index contributed by atoms with van der Waals surface area (Å²) < 4.78 is 28.2. The minimum atomic E-state index is -3.52. The zero-order valence-electron chi connectivity index (χ0n) is 9.22. The molecule has 0 saturated carbocycles. The molecule has 0 unspecified atom stereocenters. The Kier molecular flexibility index (Phi) is 3.61. The van der Waals surface area contributed by atoms with Crippen molar-refractivity contribution in [2.75, 3.05) is 5.75 Å². The molecule has 0 atom stereocenters. The molecule has 0 radical (unpaired) electrons. The quantitative estimate of drug-likeness (QED) is 0.871. The highest BCUT2D eigenvalue weighted by atomic mass is 35.5. The minimum absolute atomic E-state index is 0.0227. The van der Waals surface area contributed by atoms with Gasteiger partial charge >= 0.3 is 5.22 Å². The molecule has 8 heteroatoms. The van der Waals surface area contributed by atoms with Crippen LogP contribution in [0.25, 0.3) is 11.5 Å². The smallest absolute Gasteiger partial charge is 0.335 e. The molecule has 5 nitrogen and oxygen atoms in total. The molecule has 1 aromatic carbocycles. The van der Waals surface area contributed by atoms with E-state index < -0.39 is 15.1 Å². The summed E-state index contributed by atoms with van der Waals surface area (Å²) in [4.78, 5) is 0. The third-order valence-corrected chi connectivity index (χ3v) is 4.51. The van der Waals surface area contributed by atoms with Crippen molar-refractivity contribution in [2.24, 2.45) is 0 Å². The van der Waals surface area contributed by atoms with Gasteiger partial charge in [0, 0.05) is 0 Å². The number of sulfone groups is 1. The number of aromatic nitrogens is 2. The molecule has 2 rings (SSSR count). The van der Waals surface area contributed by atoms with Crippen molar-refractivity contribution in [1.29, 1.82) is 0 Å². The molecule has 0 saturated heterocycles. The summed E-state index contributed by atoms with van der Waals surface area (Å²) in [6.07, 6.45) is 0. The average Bonchev–Trinajstić information content (AvgIpc) is 2.82. The maximum absolute atomic E-state index is 11.5. The lowest BCUT2D eigenvalue weighted by atomic mass is 10.2. The first-order valence-corrected chi connectivity index (χ1v) is 7.37. The highest BCUT2D eigenvalue weighted by Crippen LogP contribution is 2.33. The van der Waals surface area contributed by atoms with E-state index in [2.05, 4.69) is 10.2 Å². The minimum Gasteiger partial charge on any atom is -0.408 e. The third-order valence-electron chi connectivity index (χ3n) is 2.23. The van der Waals surface area contributed by atoms with Crippen LogP contribution in [0.4, 0.5) is 0 Å². The first kappa shape index (κ1) is 13.3. The molecule has 0 aliphatic rings. The van der Waals surface area contributed by atoms with Gasteiger partial charge in [-0.05, 0) is 12.1 Å². The monoisotopic (exact) mass is 306 g/mol. The second-order valence-electron chi connectivity index (χ2n) is 3.38. The third kappa shape index (κ3) is 2.36. The Morgan fingerprint density at radius 1 is 1.28 bits per heavy atom. The molecule has 2 aromatic rings. The van der Waals surface area contributed by atoms with E-state index in [-0.39, 0.29) is 16.7 Å². The first-order valence-electron chi connectivity index (χ1n) is 4.96. The fourth-order valence-electron chi connectivity index (χ4n) is 1.24. The van der Waals surface area contributed by atoms with Gasteiger partial charge in [-0.25, -0.2) is 8.42 Å². The SMILES string of the molecule is CCS(=O)(=O)c1nnc(-c2cccc(Cl)c2Cl)o1. The Balaban J connectivity index is 2.51. The van der Waals surface area contributed by atoms with Gasteiger partial charge in [0.2, 0.25) is 15.7 Å². The lowest BCUT2D eigenvalue weighted by Crippen LogP contribution is -2.03. The number of rotatable bonds is 3. The van der Waals surface area contributed by atoms with Gasteiger partial charge in [0.25, 0.3) is 0 Å². The summed E-state index contributed by atoms with van der Waals surface area (Å²) in [6.45, 7) is 1.49. The zero-order valence-corrected chi connectivity index (χ0v) is 11.6. The van der Waals surface area contributed by atoms with E-state index in [0.717, 1.165) is 0 Å². The first-order chi connectivity index (χ1) is 8.45. The van der Waals surface area contributed by atoms with E-state index in [1.807, 2.05) is 0 Å². The van der Waals surface area contributed by atoms with E-state index in [0.29, 0.717) is 10.6 Å². The van der Waals surface area contributed by atoms with E-state index in [4.69, 9.17) is 27.6 Å². The van der Waals surface area contributed by atoms with Crippen molar-refractivity contribution < 1.29 is 12.8 Å². The van der Waals surface area contributed by atoms with Crippen LogP contribution >= 0.6 is 23.2 Å². The summed E-state index contributed by atoms with van der Waals surface area (Å²) in [7, 11) is -3.52. The summed E-state index contributed by atoms with van der Waals surface area (Å²) in [5.41, 5.74) is 0.397. The van der Waals surface area contributed by atoms with Crippen LogP contribution in [0.3, 0.4) is 0 Å².